The summed E-state index contributed by atoms with van der Waals surface area (Å²) < 4.78 is 21.8. The average Bonchev–Trinajstić information content (AvgIpc) is 2.85. The second-order valence-corrected chi connectivity index (χ2v) is 8.18. The predicted molar refractivity (Wildman–Crippen MR) is 128 cm³/mol. The lowest BCUT2D eigenvalue weighted by molar-refractivity contribution is 0.0924. The summed E-state index contributed by atoms with van der Waals surface area (Å²) in [6, 6.07) is 3.94. The number of carbonyl (C=O) groups is 1. The first-order valence-electron chi connectivity index (χ1n) is 11.6. The Balaban J connectivity index is 1.34. The summed E-state index contributed by atoms with van der Waals surface area (Å²) in [5.74, 6) is 2.00. The number of piperazine rings is 1. The van der Waals surface area contributed by atoms with Gasteiger partial charge in [-0.15, -0.1) is 0 Å². The molecule has 8 nitrogen and oxygen atoms in total. The third-order valence-corrected chi connectivity index (χ3v) is 6.04. The maximum Gasteiger partial charge on any atom is 0.407 e. The number of hydrogen-bond acceptors (Lipinski definition) is 7. The van der Waals surface area contributed by atoms with Gasteiger partial charge in [-0.3, -0.25) is 9.80 Å². The Morgan fingerprint density at radius 1 is 0.970 bits per heavy atom. The molecule has 1 saturated heterocycles. The second-order valence-electron chi connectivity index (χ2n) is 8.18. The van der Waals surface area contributed by atoms with Gasteiger partial charge >= 0.3 is 6.09 Å². The monoisotopic (exact) mass is 459 g/mol. The Labute approximate surface area is 197 Å². The molecule has 0 radical (unpaired) electrons. The molecular weight excluding hydrogens is 422 g/mol. The number of ether oxygens (including phenoxy) is 4. The Morgan fingerprint density at radius 2 is 1.73 bits per heavy atom. The van der Waals surface area contributed by atoms with Crippen molar-refractivity contribution >= 4 is 6.09 Å². The number of hydrogen-bond donors (Lipinski definition) is 1. The maximum atomic E-state index is 11.9. The van der Waals surface area contributed by atoms with Gasteiger partial charge in [0.1, 0.15) is 6.61 Å². The fraction of sp³-hybridized carbons (Fsp3) is 0.560. The molecule has 1 aliphatic carbocycles. The van der Waals surface area contributed by atoms with Crippen LogP contribution < -0.4 is 19.5 Å². The van der Waals surface area contributed by atoms with Crippen molar-refractivity contribution in [1.29, 1.82) is 0 Å². The highest BCUT2D eigenvalue weighted by atomic mass is 16.5. The fourth-order valence-electron chi connectivity index (χ4n) is 4.18. The van der Waals surface area contributed by atoms with Crippen LogP contribution in [0.1, 0.15) is 24.8 Å². The molecule has 1 aromatic rings. The SMILES string of the molecule is COc1ccc(CN2CCN(CCOC(=O)NCCC3=CCCC=C3)CC2)c(OC)c1OC. The van der Waals surface area contributed by atoms with Crippen LogP contribution in [0.4, 0.5) is 4.79 Å². The largest absolute Gasteiger partial charge is 0.493 e. The molecule has 0 saturated carbocycles. The van der Waals surface area contributed by atoms with Gasteiger partial charge in [-0.2, -0.15) is 0 Å². The van der Waals surface area contributed by atoms with Gasteiger partial charge in [-0.1, -0.05) is 29.9 Å². The topological polar surface area (TPSA) is 72.5 Å². The van der Waals surface area contributed by atoms with E-state index in [0.717, 1.165) is 69.8 Å². The molecule has 182 valence electrons. The van der Waals surface area contributed by atoms with E-state index in [-0.39, 0.29) is 6.09 Å². The summed E-state index contributed by atoms with van der Waals surface area (Å²) in [7, 11) is 4.90. The van der Waals surface area contributed by atoms with Gasteiger partial charge in [0.2, 0.25) is 5.75 Å². The summed E-state index contributed by atoms with van der Waals surface area (Å²) in [5.41, 5.74) is 2.35. The highest BCUT2D eigenvalue weighted by Gasteiger charge is 2.21. The molecule has 1 aliphatic heterocycles. The molecular formula is C25H37N3O5. The highest BCUT2D eigenvalue weighted by Crippen LogP contribution is 2.40. The Morgan fingerprint density at radius 3 is 2.39 bits per heavy atom. The van der Waals surface area contributed by atoms with Gasteiger partial charge < -0.3 is 24.3 Å². The Hall–Kier alpha value is -2.71. The second kappa shape index (κ2) is 13.1. The molecule has 1 fully saturated rings. The van der Waals surface area contributed by atoms with Crippen molar-refractivity contribution in [3.8, 4) is 17.2 Å². The summed E-state index contributed by atoms with van der Waals surface area (Å²) in [6.45, 7) is 6.27. The molecule has 0 unspecified atom stereocenters. The molecule has 0 aromatic heterocycles. The molecule has 33 heavy (non-hydrogen) atoms. The van der Waals surface area contributed by atoms with E-state index in [4.69, 9.17) is 18.9 Å². The van der Waals surface area contributed by atoms with Crippen molar-refractivity contribution in [3.05, 3.63) is 41.5 Å². The lowest BCUT2D eigenvalue weighted by atomic mass is 10.0. The van der Waals surface area contributed by atoms with Crippen molar-refractivity contribution in [2.24, 2.45) is 0 Å². The third kappa shape index (κ3) is 7.40. The van der Waals surface area contributed by atoms with Crippen LogP contribution in [0.3, 0.4) is 0 Å². The number of carbonyl (C=O) groups excluding carboxylic acids is 1. The van der Waals surface area contributed by atoms with Crippen molar-refractivity contribution < 1.29 is 23.7 Å². The lowest BCUT2D eigenvalue weighted by Gasteiger charge is -2.34. The van der Waals surface area contributed by atoms with Gasteiger partial charge in [0.25, 0.3) is 0 Å². The third-order valence-electron chi connectivity index (χ3n) is 6.04. The van der Waals surface area contributed by atoms with E-state index in [1.165, 1.54) is 5.57 Å². The number of rotatable bonds is 11. The minimum atomic E-state index is -0.338. The zero-order valence-electron chi connectivity index (χ0n) is 20.1. The quantitative estimate of drug-likeness (QED) is 0.545. The number of benzene rings is 1. The van der Waals surface area contributed by atoms with Crippen LogP contribution in [0.25, 0.3) is 0 Å². The summed E-state index contributed by atoms with van der Waals surface area (Å²) >= 11 is 0. The summed E-state index contributed by atoms with van der Waals surface area (Å²) in [5, 5.41) is 2.84. The van der Waals surface area contributed by atoms with Crippen molar-refractivity contribution in [2.75, 3.05) is 67.2 Å². The smallest absolute Gasteiger partial charge is 0.407 e. The van der Waals surface area contributed by atoms with Gasteiger partial charge in [-0.05, 0) is 25.3 Å². The van der Waals surface area contributed by atoms with Crippen LogP contribution in [-0.4, -0.2) is 83.1 Å². The van der Waals surface area contributed by atoms with Gasteiger partial charge in [0.15, 0.2) is 11.5 Å². The predicted octanol–water partition coefficient (Wildman–Crippen LogP) is 3.22. The van der Waals surface area contributed by atoms with Gasteiger partial charge in [-0.25, -0.2) is 4.79 Å². The minimum absolute atomic E-state index is 0.338. The van der Waals surface area contributed by atoms with Crippen LogP contribution in [0.15, 0.2) is 35.9 Å². The van der Waals surface area contributed by atoms with E-state index >= 15 is 0 Å². The standard InChI is InChI=1S/C25H37N3O5/c1-30-22-10-9-21(23(31-2)24(22)32-3)19-28-15-13-27(14-16-28)17-18-33-25(29)26-12-11-20-7-5-4-6-8-20/h5,7-10H,4,6,11-19H2,1-3H3,(H,26,29). The van der Waals surface area contributed by atoms with Crippen molar-refractivity contribution in [1.82, 2.24) is 15.1 Å². The number of alkyl carbamates (subject to hydrolysis) is 1. The minimum Gasteiger partial charge on any atom is -0.493 e. The summed E-state index contributed by atoms with van der Waals surface area (Å²) in [4.78, 5) is 16.6. The molecule has 0 bridgehead atoms. The first-order chi connectivity index (χ1) is 16.1. The van der Waals surface area contributed by atoms with E-state index in [1.807, 2.05) is 12.1 Å². The van der Waals surface area contributed by atoms with E-state index < -0.39 is 0 Å². The van der Waals surface area contributed by atoms with E-state index in [9.17, 15) is 4.79 Å². The number of nitrogens with zero attached hydrogens (tertiary/aromatic N) is 2. The van der Waals surface area contributed by atoms with E-state index in [0.29, 0.717) is 24.7 Å². The first kappa shape index (κ1) is 24.9. The highest BCUT2D eigenvalue weighted by molar-refractivity contribution is 5.67. The van der Waals surface area contributed by atoms with Gasteiger partial charge in [0, 0.05) is 51.4 Å². The molecule has 0 spiro atoms. The van der Waals surface area contributed by atoms with E-state index in [1.54, 1.807) is 21.3 Å². The number of nitrogens with one attached hydrogen (secondary N) is 1. The molecule has 1 N–H and O–H groups in total. The molecule has 1 amide bonds. The van der Waals surface area contributed by atoms with E-state index in [2.05, 4.69) is 33.3 Å². The van der Waals surface area contributed by atoms with Crippen molar-refractivity contribution in [3.63, 3.8) is 0 Å². The maximum absolute atomic E-state index is 11.9. The molecule has 8 heteroatoms. The lowest BCUT2D eigenvalue weighted by Crippen LogP contribution is -2.47. The van der Waals surface area contributed by atoms with Crippen LogP contribution in [0.2, 0.25) is 0 Å². The van der Waals surface area contributed by atoms with Crippen LogP contribution in [0, 0.1) is 0 Å². The Kier molecular flexibility index (Phi) is 9.90. The molecule has 3 rings (SSSR count). The Bertz CT molecular complexity index is 832. The first-order valence-corrected chi connectivity index (χ1v) is 11.6. The number of allylic oxidation sites excluding steroid dienone is 3. The summed E-state index contributed by atoms with van der Waals surface area (Å²) in [6.07, 6.45) is 9.25. The van der Waals surface area contributed by atoms with Crippen LogP contribution >= 0.6 is 0 Å². The fourth-order valence-corrected chi connectivity index (χ4v) is 4.18. The zero-order chi connectivity index (χ0) is 23.5. The van der Waals surface area contributed by atoms with Crippen molar-refractivity contribution in [2.45, 2.75) is 25.8 Å². The zero-order valence-corrected chi connectivity index (χ0v) is 20.1. The molecule has 0 atom stereocenters. The van der Waals surface area contributed by atoms with Crippen LogP contribution in [0.5, 0.6) is 17.2 Å². The number of amides is 1. The number of methoxy groups -OCH3 is 3. The molecule has 2 aliphatic rings. The molecule has 1 heterocycles. The normalized spacial score (nSPS) is 16.8. The van der Waals surface area contributed by atoms with Gasteiger partial charge in [0.05, 0.1) is 21.3 Å². The van der Waals surface area contributed by atoms with Crippen LogP contribution in [-0.2, 0) is 11.3 Å². The molecule has 1 aromatic carbocycles. The average molecular weight is 460 g/mol.